The summed E-state index contributed by atoms with van der Waals surface area (Å²) in [6, 6.07) is 5.32. The molecule has 1 aromatic rings. The van der Waals surface area contributed by atoms with Crippen LogP contribution in [-0.2, 0) is 4.74 Å². The number of hydrogen-bond acceptors (Lipinski definition) is 3. The van der Waals surface area contributed by atoms with Gasteiger partial charge in [-0.05, 0) is 62.3 Å². The Morgan fingerprint density at radius 2 is 2.11 bits per heavy atom. The van der Waals surface area contributed by atoms with E-state index in [9.17, 15) is 4.79 Å². The van der Waals surface area contributed by atoms with E-state index < -0.39 is 0 Å². The van der Waals surface area contributed by atoms with Crippen LogP contribution in [0.1, 0.15) is 54.9 Å². The Morgan fingerprint density at radius 3 is 2.79 bits per heavy atom. The van der Waals surface area contributed by atoms with E-state index in [-0.39, 0.29) is 12.1 Å². The predicted molar refractivity (Wildman–Crippen MR) is 77.0 cm³/mol. The fourth-order valence-electron chi connectivity index (χ4n) is 2.80. The molecule has 0 amide bonds. The van der Waals surface area contributed by atoms with Gasteiger partial charge in [-0.1, -0.05) is 13.3 Å². The molecule has 2 atom stereocenters. The Morgan fingerprint density at radius 1 is 1.37 bits per heavy atom. The zero-order chi connectivity index (χ0) is 13.8. The van der Waals surface area contributed by atoms with Crippen LogP contribution in [0.15, 0.2) is 18.2 Å². The number of hydrogen-bond donors (Lipinski definition) is 1. The van der Waals surface area contributed by atoms with Crippen molar-refractivity contribution in [3.05, 3.63) is 29.3 Å². The third kappa shape index (κ3) is 3.28. The Hall–Kier alpha value is -1.51. The van der Waals surface area contributed by atoms with E-state index in [1.165, 1.54) is 12.8 Å². The third-order valence-corrected chi connectivity index (χ3v) is 4.13. The summed E-state index contributed by atoms with van der Waals surface area (Å²) in [6.45, 7) is 4.08. The first-order chi connectivity index (χ1) is 9.11. The van der Waals surface area contributed by atoms with E-state index in [0.717, 1.165) is 24.8 Å². The van der Waals surface area contributed by atoms with Gasteiger partial charge in [-0.25, -0.2) is 4.79 Å². The van der Waals surface area contributed by atoms with Crippen molar-refractivity contribution in [2.24, 2.45) is 5.92 Å². The molecule has 3 nitrogen and oxygen atoms in total. The Bertz CT molecular complexity index is 456. The average molecular weight is 261 g/mol. The Balaban J connectivity index is 2.05. The number of carbonyl (C=O) groups excluding carboxylic acids is 1. The van der Waals surface area contributed by atoms with Gasteiger partial charge in [0.25, 0.3) is 0 Å². The molecule has 0 saturated heterocycles. The highest BCUT2D eigenvalue weighted by Crippen LogP contribution is 2.29. The minimum absolute atomic E-state index is 0.0871. The lowest BCUT2D eigenvalue weighted by Crippen LogP contribution is -2.29. The van der Waals surface area contributed by atoms with E-state index >= 15 is 0 Å². The van der Waals surface area contributed by atoms with Crippen molar-refractivity contribution < 1.29 is 9.53 Å². The van der Waals surface area contributed by atoms with Crippen LogP contribution in [0.3, 0.4) is 0 Å². The summed E-state index contributed by atoms with van der Waals surface area (Å²) in [6.07, 6.45) is 5.76. The van der Waals surface area contributed by atoms with E-state index in [1.807, 2.05) is 6.92 Å². The molecule has 1 aromatic carbocycles. The van der Waals surface area contributed by atoms with Crippen molar-refractivity contribution in [3.63, 3.8) is 0 Å². The average Bonchev–Trinajstić information content (AvgIpc) is 2.42. The number of benzene rings is 1. The lowest BCUT2D eigenvalue weighted by atomic mass is 9.85. The van der Waals surface area contributed by atoms with Crippen LogP contribution in [0, 0.1) is 12.8 Å². The zero-order valence-electron chi connectivity index (χ0n) is 11.8. The highest BCUT2D eigenvalue weighted by Gasteiger charge is 2.27. The van der Waals surface area contributed by atoms with Gasteiger partial charge in [-0.15, -0.1) is 0 Å². The van der Waals surface area contributed by atoms with Gasteiger partial charge in [-0.3, -0.25) is 0 Å². The van der Waals surface area contributed by atoms with Gasteiger partial charge in [0.15, 0.2) is 0 Å². The first-order valence-corrected chi connectivity index (χ1v) is 7.19. The second-order valence-corrected chi connectivity index (χ2v) is 5.47. The van der Waals surface area contributed by atoms with Gasteiger partial charge in [-0.2, -0.15) is 0 Å². The molecule has 0 radical (unpaired) electrons. The second-order valence-electron chi connectivity index (χ2n) is 5.47. The summed E-state index contributed by atoms with van der Waals surface area (Å²) < 4.78 is 5.70. The van der Waals surface area contributed by atoms with Crippen molar-refractivity contribution in [3.8, 4) is 0 Å². The summed E-state index contributed by atoms with van der Waals surface area (Å²) in [4.78, 5) is 12.2. The van der Waals surface area contributed by atoms with Crippen LogP contribution in [0.4, 0.5) is 5.69 Å². The molecule has 0 heterocycles. The Labute approximate surface area is 115 Å². The van der Waals surface area contributed by atoms with Crippen LogP contribution in [-0.4, -0.2) is 12.1 Å². The molecule has 0 bridgehead atoms. The smallest absolute Gasteiger partial charge is 0.338 e. The number of ether oxygens (including phenoxy) is 1. The number of anilines is 1. The summed E-state index contributed by atoms with van der Waals surface area (Å²) >= 11 is 0. The number of aryl methyl sites for hydroxylation is 1. The monoisotopic (exact) mass is 261 g/mol. The van der Waals surface area contributed by atoms with Crippen molar-refractivity contribution >= 4 is 11.7 Å². The van der Waals surface area contributed by atoms with Crippen LogP contribution in [0.2, 0.25) is 0 Å². The highest BCUT2D eigenvalue weighted by atomic mass is 16.5. The standard InChI is InChI=1S/C16H23NO2/c1-3-12-6-4-5-7-15(12)19-16(18)13-8-9-14(17)11(2)10-13/h8-10,12,15H,3-7,17H2,1-2H3. The van der Waals surface area contributed by atoms with Crippen molar-refractivity contribution in [2.45, 2.75) is 52.1 Å². The van der Waals surface area contributed by atoms with Gasteiger partial charge in [0.05, 0.1) is 5.56 Å². The maximum absolute atomic E-state index is 12.2. The van der Waals surface area contributed by atoms with Gasteiger partial charge in [0.1, 0.15) is 6.10 Å². The summed E-state index contributed by atoms with van der Waals surface area (Å²) in [5, 5.41) is 0. The minimum Gasteiger partial charge on any atom is -0.458 e. The molecule has 19 heavy (non-hydrogen) atoms. The molecule has 3 heteroatoms. The lowest BCUT2D eigenvalue weighted by Gasteiger charge is -2.30. The van der Waals surface area contributed by atoms with Crippen LogP contribution in [0.5, 0.6) is 0 Å². The molecule has 104 valence electrons. The largest absolute Gasteiger partial charge is 0.458 e. The molecule has 2 unspecified atom stereocenters. The molecule has 1 fully saturated rings. The summed E-state index contributed by atoms with van der Waals surface area (Å²) in [7, 11) is 0. The first-order valence-electron chi connectivity index (χ1n) is 7.19. The molecule has 0 aliphatic heterocycles. The molecule has 2 N–H and O–H groups in total. The molecule has 0 spiro atoms. The number of esters is 1. The lowest BCUT2D eigenvalue weighted by molar-refractivity contribution is 0.000705. The van der Waals surface area contributed by atoms with E-state index in [2.05, 4.69) is 6.92 Å². The minimum atomic E-state index is -0.214. The molecule has 1 saturated carbocycles. The van der Waals surface area contributed by atoms with E-state index in [0.29, 0.717) is 17.2 Å². The number of nitrogen functional groups attached to an aromatic ring is 1. The van der Waals surface area contributed by atoms with Gasteiger partial charge in [0, 0.05) is 5.69 Å². The molecule has 2 rings (SSSR count). The maximum Gasteiger partial charge on any atom is 0.338 e. The highest BCUT2D eigenvalue weighted by molar-refractivity contribution is 5.90. The molecule has 1 aliphatic carbocycles. The molecule has 1 aliphatic rings. The van der Waals surface area contributed by atoms with Gasteiger partial charge in [0.2, 0.25) is 0 Å². The van der Waals surface area contributed by atoms with Gasteiger partial charge >= 0.3 is 5.97 Å². The van der Waals surface area contributed by atoms with E-state index in [1.54, 1.807) is 18.2 Å². The summed E-state index contributed by atoms with van der Waals surface area (Å²) in [5.41, 5.74) is 8.00. The number of nitrogens with two attached hydrogens (primary N) is 1. The third-order valence-electron chi connectivity index (χ3n) is 4.13. The van der Waals surface area contributed by atoms with Crippen LogP contribution < -0.4 is 5.73 Å². The predicted octanol–water partition coefficient (Wildman–Crippen LogP) is 3.70. The summed E-state index contributed by atoms with van der Waals surface area (Å²) in [5.74, 6) is 0.307. The Kier molecular flexibility index (Phi) is 4.46. The number of rotatable bonds is 3. The van der Waals surface area contributed by atoms with E-state index in [4.69, 9.17) is 10.5 Å². The zero-order valence-corrected chi connectivity index (χ0v) is 11.8. The van der Waals surface area contributed by atoms with Gasteiger partial charge < -0.3 is 10.5 Å². The molecular weight excluding hydrogens is 238 g/mol. The van der Waals surface area contributed by atoms with Crippen molar-refractivity contribution in [1.29, 1.82) is 0 Å². The SMILES string of the molecule is CCC1CCCCC1OC(=O)c1ccc(N)c(C)c1. The first kappa shape index (κ1) is 13.9. The number of carbonyl (C=O) groups is 1. The van der Waals surface area contributed by atoms with Crippen molar-refractivity contribution in [2.75, 3.05) is 5.73 Å². The van der Waals surface area contributed by atoms with Crippen molar-refractivity contribution in [1.82, 2.24) is 0 Å². The van der Waals surface area contributed by atoms with Crippen LogP contribution >= 0.6 is 0 Å². The molecular formula is C16H23NO2. The topological polar surface area (TPSA) is 52.3 Å². The second kappa shape index (κ2) is 6.09. The maximum atomic E-state index is 12.2. The molecule has 0 aromatic heterocycles. The quantitative estimate of drug-likeness (QED) is 0.666. The normalized spacial score (nSPS) is 23.1. The van der Waals surface area contributed by atoms with Crippen LogP contribution in [0.25, 0.3) is 0 Å². The fraction of sp³-hybridized carbons (Fsp3) is 0.562. The fourth-order valence-corrected chi connectivity index (χ4v) is 2.80.